The molecule has 1 N–H and O–H groups in total. The van der Waals surface area contributed by atoms with E-state index in [1.165, 1.54) is 17.8 Å². The summed E-state index contributed by atoms with van der Waals surface area (Å²) in [6.45, 7) is 1.26. The lowest BCUT2D eigenvalue weighted by Gasteiger charge is -2.18. The first-order valence-electron chi connectivity index (χ1n) is 6.90. The largest absolute Gasteiger partial charge is 0.506 e. The average Bonchev–Trinajstić information content (AvgIpc) is 3.08. The van der Waals surface area contributed by atoms with Crippen LogP contribution in [0.25, 0.3) is 6.08 Å². The molecule has 1 aromatic rings. The highest BCUT2D eigenvalue weighted by molar-refractivity contribution is 8.26. The lowest BCUT2D eigenvalue weighted by molar-refractivity contribution is -0.123. The second kappa shape index (κ2) is 6.58. The number of halogens is 1. The fourth-order valence-electron chi connectivity index (χ4n) is 2.41. The molecule has 22 heavy (non-hydrogen) atoms. The van der Waals surface area contributed by atoms with Gasteiger partial charge in [-0.2, -0.15) is 0 Å². The van der Waals surface area contributed by atoms with Crippen LogP contribution in [0.5, 0.6) is 5.75 Å². The Morgan fingerprint density at radius 2 is 2.36 bits per heavy atom. The van der Waals surface area contributed by atoms with Gasteiger partial charge in [-0.05, 0) is 36.6 Å². The number of thioether (sulfide) groups is 1. The second-order valence-electron chi connectivity index (χ2n) is 5.14. The van der Waals surface area contributed by atoms with E-state index in [1.807, 2.05) is 0 Å². The van der Waals surface area contributed by atoms with Crippen LogP contribution >= 0.6 is 35.6 Å². The number of thiocarbonyl (C=S) groups is 1. The Balaban J connectivity index is 1.77. The lowest BCUT2D eigenvalue weighted by atomic mass is 10.2. The van der Waals surface area contributed by atoms with Gasteiger partial charge in [0.15, 0.2) is 0 Å². The fourth-order valence-corrected chi connectivity index (χ4v) is 3.88. The number of phenolic OH excluding ortho intramolecular Hbond substituents is 1. The zero-order valence-corrected chi connectivity index (χ0v) is 14.0. The number of phenols is 1. The summed E-state index contributed by atoms with van der Waals surface area (Å²) in [5.74, 6) is -0.0838. The van der Waals surface area contributed by atoms with E-state index in [2.05, 4.69) is 0 Å². The van der Waals surface area contributed by atoms with Crippen LogP contribution < -0.4 is 0 Å². The quantitative estimate of drug-likeness (QED) is 0.665. The van der Waals surface area contributed by atoms with Crippen LogP contribution in [0.15, 0.2) is 23.1 Å². The van der Waals surface area contributed by atoms with Crippen molar-refractivity contribution in [2.45, 2.75) is 18.9 Å². The van der Waals surface area contributed by atoms with Crippen molar-refractivity contribution in [3.8, 4) is 5.75 Å². The molecule has 0 radical (unpaired) electrons. The Bertz CT molecular complexity index is 656. The molecule has 1 aromatic carbocycles. The lowest BCUT2D eigenvalue weighted by Crippen LogP contribution is -2.35. The minimum absolute atomic E-state index is 0.0183. The summed E-state index contributed by atoms with van der Waals surface area (Å²) in [6.07, 6.45) is 3.80. The standard InChI is InChI=1S/C15H14ClNO3S2/c16-11-6-9(3-4-12(11)18)7-13-14(19)17(15(21)22-13)8-10-2-1-5-20-10/h3-4,6-7,10,18H,1-2,5,8H2/b13-7-/t10-/m0/s1. The minimum Gasteiger partial charge on any atom is -0.506 e. The smallest absolute Gasteiger partial charge is 0.266 e. The van der Waals surface area contributed by atoms with Gasteiger partial charge in [-0.25, -0.2) is 0 Å². The van der Waals surface area contributed by atoms with Crippen LogP contribution in [0.4, 0.5) is 0 Å². The number of ether oxygens (including phenoxy) is 1. The molecule has 0 bridgehead atoms. The van der Waals surface area contributed by atoms with Gasteiger partial charge in [-0.1, -0.05) is 41.6 Å². The zero-order chi connectivity index (χ0) is 15.7. The fraction of sp³-hybridized carbons (Fsp3) is 0.333. The molecule has 3 rings (SSSR count). The third kappa shape index (κ3) is 3.30. The summed E-state index contributed by atoms with van der Waals surface area (Å²) in [5.41, 5.74) is 0.750. The van der Waals surface area contributed by atoms with Crippen LogP contribution in [-0.2, 0) is 9.53 Å². The summed E-state index contributed by atoms with van der Waals surface area (Å²) in [7, 11) is 0. The van der Waals surface area contributed by atoms with Crippen LogP contribution in [0.2, 0.25) is 5.02 Å². The number of carbonyl (C=O) groups excluding carboxylic acids is 1. The predicted octanol–water partition coefficient (Wildman–Crippen LogP) is 3.43. The topological polar surface area (TPSA) is 49.8 Å². The van der Waals surface area contributed by atoms with Gasteiger partial charge in [0.05, 0.1) is 22.6 Å². The van der Waals surface area contributed by atoms with Gasteiger partial charge in [0.1, 0.15) is 10.1 Å². The van der Waals surface area contributed by atoms with Crippen molar-refractivity contribution in [3.63, 3.8) is 0 Å². The number of hydrogen-bond acceptors (Lipinski definition) is 5. The first kappa shape index (κ1) is 15.8. The molecular formula is C15H14ClNO3S2. The Labute approximate surface area is 143 Å². The number of carbonyl (C=O) groups is 1. The maximum absolute atomic E-state index is 12.5. The highest BCUT2D eigenvalue weighted by atomic mass is 35.5. The van der Waals surface area contributed by atoms with E-state index in [0.29, 0.717) is 15.8 Å². The Hall–Kier alpha value is -1.08. The van der Waals surface area contributed by atoms with E-state index in [4.69, 9.17) is 28.6 Å². The van der Waals surface area contributed by atoms with Crippen molar-refractivity contribution in [2.75, 3.05) is 13.2 Å². The van der Waals surface area contributed by atoms with Gasteiger partial charge >= 0.3 is 0 Å². The SMILES string of the molecule is O=C1/C(=C/c2ccc(O)c(Cl)c2)SC(=S)N1C[C@@H]1CCCO1. The zero-order valence-electron chi connectivity index (χ0n) is 11.6. The average molecular weight is 356 g/mol. The highest BCUT2D eigenvalue weighted by Crippen LogP contribution is 2.34. The third-order valence-electron chi connectivity index (χ3n) is 3.55. The third-order valence-corrected chi connectivity index (χ3v) is 5.23. The molecular weight excluding hydrogens is 342 g/mol. The number of hydrogen-bond donors (Lipinski definition) is 1. The summed E-state index contributed by atoms with van der Waals surface area (Å²) in [4.78, 5) is 14.6. The second-order valence-corrected chi connectivity index (χ2v) is 7.22. The minimum atomic E-state index is -0.102. The molecule has 7 heteroatoms. The van der Waals surface area contributed by atoms with Crippen molar-refractivity contribution >= 4 is 51.9 Å². The van der Waals surface area contributed by atoms with E-state index in [0.717, 1.165) is 25.0 Å². The van der Waals surface area contributed by atoms with Crippen LogP contribution in [-0.4, -0.2) is 39.5 Å². The molecule has 1 atom stereocenters. The molecule has 2 aliphatic rings. The van der Waals surface area contributed by atoms with Crippen molar-refractivity contribution in [3.05, 3.63) is 33.7 Å². The van der Waals surface area contributed by atoms with Crippen molar-refractivity contribution in [1.82, 2.24) is 4.90 Å². The molecule has 0 aliphatic carbocycles. The molecule has 1 amide bonds. The van der Waals surface area contributed by atoms with Crippen molar-refractivity contribution < 1.29 is 14.6 Å². The Kier molecular flexibility index (Phi) is 4.73. The van der Waals surface area contributed by atoms with Gasteiger partial charge in [-0.15, -0.1) is 0 Å². The summed E-state index contributed by atoms with van der Waals surface area (Å²) in [5, 5.41) is 9.69. The summed E-state index contributed by atoms with van der Waals surface area (Å²) >= 11 is 12.5. The number of amides is 1. The molecule has 116 valence electrons. The van der Waals surface area contributed by atoms with Gasteiger partial charge in [0.2, 0.25) is 0 Å². The van der Waals surface area contributed by atoms with Crippen LogP contribution in [0.3, 0.4) is 0 Å². The number of aromatic hydroxyl groups is 1. The van der Waals surface area contributed by atoms with Gasteiger partial charge < -0.3 is 9.84 Å². The van der Waals surface area contributed by atoms with E-state index in [-0.39, 0.29) is 22.8 Å². The molecule has 0 aromatic heterocycles. The maximum atomic E-state index is 12.5. The predicted molar refractivity (Wildman–Crippen MR) is 92.0 cm³/mol. The first-order chi connectivity index (χ1) is 10.5. The van der Waals surface area contributed by atoms with E-state index in [1.54, 1.807) is 23.1 Å². The molecule has 0 saturated carbocycles. The first-order valence-corrected chi connectivity index (χ1v) is 8.50. The summed E-state index contributed by atoms with van der Waals surface area (Å²) < 4.78 is 6.12. The highest BCUT2D eigenvalue weighted by Gasteiger charge is 2.34. The maximum Gasteiger partial charge on any atom is 0.266 e. The van der Waals surface area contributed by atoms with Crippen LogP contribution in [0.1, 0.15) is 18.4 Å². The molecule has 0 spiro atoms. The van der Waals surface area contributed by atoms with E-state index < -0.39 is 0 Å². The molecule has 2 heterocycles. The molecule has 0 unspecified atom stereocenters. The van der Waals surface area contributed by atoms with Crippen LogP contribution in [0, 0.1) is 0 Å². The molecule has 2 aliphatic heterocycles. The number of benzene rings is 1. The van der Waals surface area contributed by atoms with Gasteiger partial charge in [-0.3, -0.25) is 9.69 Å². The van der Waals surface area contributed by atoms with E-state index >= 15 is 0 Å². The number of nitrogens with zero attached hydrogens (tertiary/aromatic N) is 1. The molecule has 4 nitrogen and oxygen atoms in total. The summed E-state index contributed by atoms with van der Waals surface area (Å²) in [6, 6.07) is 4.82. The monoisotopic (exact) mass is 355 g/mol. The van der Waals surface area contributed by atoms with Gasteiger partial charge in [0, 0.05) is 6.61 Å². The van der Waals surface area contributed by atoms with Crippen molar-refractivity contribution in [1.29, 1.82) is 0 Å². The number of rotatable bonds is 3. The van der Waals surface area contributed by atoms with Crippen molar-refractivity contribution in [2.24, 2.45) is 0 Å². The van der Waals surface area contributed by atoms with Gasteiger partial charge in [0.25, 0.3) is 5.91 Å². The Morgan fingerprint density at radius 1 is 1.55 bits per heavy atom. The molecule has 2 saturated heterocycles. The normalized spacial score (nSPS) is 23.8. The van der Waals surface area contributed by atoms with E-state index in [9.17, 15) is 9.90 Å². The molecule has 2 fully saturated rings. The Morgan fingerprint density at radius 3 is 3.05 bits per heavy atom.